The first kappa shape index (κ1) is 20.3. The van der Waals surface area contributed by atoms with Gasteiger partial charge in [0.2, 0.25) is 9.84 Å². The number of halogens is 1. The Kier molecular flexibility index (Phi) is 5.40. The van der Waals surface area contributed by atoms with Gasteiger partial charge in [0.25, 0.3) is 0 Å². The molecule has 6 nitrogen and oxygen atoms in total. The van der Waals surface area contributed by atoms with Crippen molar-refractivity contribution in [2.45, 2.75) is 23.3 Å². The van der Waals surface area contributed by atoms with E-state index in [-0.39, 0.29) is 14.8 Å². The minimum absolute atomic E-state index is 0.0386. The molecule has 4 rings (SSSR count). The van der Waals surface area contributed by atoms with Crippen molar-refractivity contribution in [2.75, 3.05) is 7.11 Å². The summed E-state index contributed by atoms with van der Waals surface area (Å²) in [7, 11) is -2.28. The van der Waals surface area contributed by atoms with Gasteiger partial charge in [0.05, 0.1) is 34.2 Å². The molecule has 0 bridgehead atoms. The Hall–Kier alpha value is -3.03. The molecule has 2 aromatic carbocycles. The van der Waals surface area contributed by atoms with Crippen LogP contribution in [-0.2, 0) is 16.4 Å². The van der Waals surface area contributed by atoms with Gasteiger partial charge in [0, 0.05) is 24.5 Å². The summed E-state index contributed by atoms with van der Waals surface area (Å²) >= 11 is 6.21. The maximum atomic E-state index is 13.1. The molecule has 0 spiro atoms. The maximum absolute atomic E-state index is 13.1. The van der Waals surface area contributed by atoms with Crippen molar-refractivity contribution >= 4 is 21.4 Å². The van der Waals surface area contributed by atoms with Gasteiger partial charge in [0.15, 0.2) is 0 Å². The lowest BCUT2D eigenvalue weighted by Crippen LogP contribution is -2.08. The molecule has 2 heterocycles. The molecule has 0 N–H and O–H groups in total. The van der Waals surface area contributed by atoms with Crippen LogP contribution in [0.1, 0.15) is 11.3 Å². The second-order valence-corrected chi connectivity index (χ2v) is 9.17. The summed E-state index contributed by atoms with van der Waals surface area (Å²) in [4.78, 5) is 0.191. The molecule has 154 valence electrons. The lowest BCUT2D eigenvalue weighted by Gasteiger charge is -2.09. The van der Waals surface area contributed by atoms with Crippen molar-refractivity contribution in [1.82, 2.24) is 14.3 Å². The van der Waals surface area contributed by atoms with Crippen molar-refractivity contribution in [2.24, 2.45) is 0 Å². The van der Waals surface area contributed by atoms with Crippen LogP contribution in [0.15, 0.2) is 82.8 Å². The van der Waals surface area contributed by atoms with Gasteiger partial charge in [-0.25, -0.2) is 13.1 Å². The van der Waals surface area contributed by atoms with E-state index >= 15 is 0 Å². The summed E-state index contributed by atoms with van der Waals surface area (Å²) < 4.78 is 34.9. The van der Waals surface area contributed by atoms with Gasteiger partial charge in [-0.1, -0.05) is 41.9 Å². The Morgan fingerprint density at radius 2 is 1.83 bits per heavy atom. The largest absolute Gasteiger partial charge is 0.497 e. The molecule has 0 unspecified atom stereocenters. The Bertz CT molecular complexity index is 1290. The lowest BCUT2D eigenvalue weighted by atomic mass is 10.2. The molecule has 0 fully saturated rings. The molecule has 2 aromatic heterocycles. The molecular formula is C22H20ClN3O3S. The summed E-state index contributed by atoms with van der Waals surface area (Å²) in [6.07, 6.45) is 3.29. The summed E-state index contributed by atoms with van der Waals surface area (Å²) in [5.41, 5.74) is 1.95. The Balaban J connectivity index is 1.70. The van der Waals surface area contributed by atoms with Crippen LogP contribution in [-0.4, -0.2) is 29.9 Å². The van der Waals surface area contributed by atoms with E-state index in [9.17, 15) is 8.42 Å². The van der Waals surface area contributed by atoms with Crippen LogP contribution >= 0.6 is 11.6 Å². The number of ether oxygens (including phenoxy) is 1. The van der Waals surface area contributed by atoms with Gasteiger partial charge >= 0.3 is 0 Å². The molecule has 0 saturated carbocycles. The number of hydrogen-bond donors (Lipinski definition) is 0. The third-order valence-corrected chi connectivity index (χ3v) is 6.95. The van der Waals surface area contributed by atoms with Gasteiger partial charge < -0.3 is 9.30 Å². The fourth-order valence-electron chi connectivity index (χ4n) is 3.24. The van der Waals surface area contributed by atoms with Crippen LogP contribution in [0.5, 0.6) is 5.75 Å². The van der Waals surface area contributed by atoms with Crippen LogP contribution in [0, 0.1) is 6.92 Å². The van der Waals surface area contributed by atoms with E-state index in [0.29, 0.717) is 12.3 Å². The minimum Gasteiger partial charge on any atom is -0.497 e. The quantitative estimate of drug-likeness (QED) is 0.441. The fraction of sp³-hybridized carbons (Fsp3) is 0.136. The van der Waals surface area contributed by atoms with Crippen molar-refractivity contribution in [1.29, 1.82) is 0 Å². The molecule has 8 heteroatoms. The van der Waals surface area contributed by atoms with E-state index in [1.807, 2.05) is 48.0 Å². The number of sulfone groups is 1. The zero-order chi connectivity index (χ0) is 21.3. The van der Waals surface area contributed by atoms with Gasteiger partial charge in [-0.2, -0.15) is 5.10 Å². The fourth-order valence-corrected chi connectivity index (χ4v) is 5.03. The highest BCUT2D eigenvalue weighted by atomic mass is 35.5. The average molecular weight is 442 g/mol. The topological polar surface area (TPSA) is 66.1 Å². The van der Waals surface area contributed by atoms with Crippen LogP contribution < -0.4 is 4.74 Å². The first-order chi connectivity index (χ1) is 14.4. The normalized spacial score (nSPS) is 11.6. The molecule has 0 aliphatic rings. The predicted molar refractivity (Wildman–Crippen MR) is 115 cm³/mol. The van der Waals surface area contributed by atoms with E-state index < -0.39 is 9.84 Å². The van der Waals surface area contributed by atoms with Gasteiger partial charge in [-0.3, -0.25) is 0 Å². The number of aromatic nitrogens is 3. The first-order valence-electron chi connectivity index (χ1n) is 9.24. The molecule has 0 aliphatic heterocycles. The second kappa shape index (κ2) is 8.01. The smallest absolute Gasteiger partial charge is 0.209 e. The highest BCUT2D eigenvalue weighted by Gasteiger charge is 2.23. The van der Waals surface area contributed by atoms with Crippen molar-refractivity contribution in [3.63, 3.8) is 0 Å². The number of aryl methyl sites for hydroxylation is 1. The summed E-state index contributed by atoms with van der Waals surface area (Å²) in [5, 5.41) is 4.67. The zero-order valence-corrected chi connectivity index (χ0v) is 18.1. The van der Waals surface area contributed by atoms with Crippen molar-refractivity contribution in [3.05, 3.63) is 89.3 Å². The van der Waals surface area contributed by atoms with E-state index in [1.165, 1.54) is 19.2 Å². The summed E-state index contributed by atoms with van der Waals surface area (Å²) in [6, 6.07) is 18.0. The van der Waals surface area contributed by atoms with E-state index in [2.05, 4.69) is 5.10 Å². The van der Waals surface area contributed by atoms with Crippen LogP contribution in [0.2, 0.25) is 5.02 Å². The summed E-state index contributed by atoms with van der Waals surface area (Å²) in [5.74, 6) is 1.27. The summed E-state index contributed by atoms with van der Waals surface area (Å²) in [6.45, 7) is 2.48. The van der Waals surface area contributed by atoms with Gasteiger partial charge in [-0.15, -0.1) is 0 Å². The third kappa shape index (κ3) is 3.86. The molecule has 0 radical (unpaired) electrons. The highest BCUT2D eigenvalue weighted by Crippen LogP contribution is 2.31. The number of nitrogens with zero attached hydrogens (tertiary/aromatic N) is 3. The molecular weight excluding hydrogens is 422 g/mol. The molecule has 30 heavy (non-hydrogen) atoms. The molecule has 4 aromatic rings. The zero-order valence-electron chi connectivity index (χ0n) is 16.5. The van der Waals surface area contributed by atoms with Crippen LogP contribution in [0.3, 0.4) is 0 Å². The third-order valence-electron chi connectivity index (χ3n) is 4.73. The first-order valence-corrected chi connectivity index (χ1v) is 11.1. The lowest BCUT2D eigenvalue weighted by molar-refractivity contribution is 0.414. The van der Waals surface area contributed by atoms with E-state index in [1.54, 1.807) is 29.1 Å². The SMILES string of the molecule is COc1ccc(S(=O)(=O)c2ccn(-c3cc(C)nn3Cc3ccccc3)c2)c(Cl)c1. The molecule has 0 atom stereocenters. The van der Waals surface area contributed by atoms with Crippen LogP contribution in [0.4, 0.5) is 0 Å². The molecule has 0 saturated heterocycles. The Labute approximate surface area is 180 Å². The second-order valence-electron chi connectivity index (χ2n) is 6.84. The predicted octanol–water partition coefficient (Wildman–Crippen LogP) is 4.53. The molecule has 0 aliphatic carbocycles. The number of methoxy groups -OCH3 is 1. The standard InChI is InChI=1S/C22H20ClN3O3S/c1-16-12-22(26(24-16)14-17-6-4-3-5-7-17)25-11-10-19(15-25)30(27,28)21-9-8-18(29-2)13-20(21)23/h3-13,15H,14H2,1-2H3. The molecule has 0 amide bonds. The van der Waals surface area contributed by atoms with E-state index in [0.717, 1.165) is 17.1 Å². The minimum atomic E-state index is -3.78. The van der Waals surface area contributed by atoms with Crippen molar-refractivity contribution < 1.29 is 13.2 Å². The Morgan fingerprint density at radius 1 is 1.07 bits per heavy atom. The number of benzene rings is 2. The number of hydrogen-bond acceptors (Lipinski definition) is 4. The Morgan fingerprint density at radius 3 is 2.53 bits per heavy atom. The maximum Gasteiger partial charge on any atom is 0.209 e. The van der Waals surface area contributed by atoms with Crippen LogP contribution in [0.25, 0.3) is 5.82 Å². The van der Waals surface area contributed by atoms with Gasteiger partial charge in [0.1, 0.15) is 11.6 Å². The monoisotopic (exact) mass is 441 g/mol. The van der Waals surface area contributed by atoms with E-state index in [4.69, 9.17) is 16.3 Å². The highest BCUT2D eigenvalue weighted by molar-refractivity contribution is 7.91. The number of rotatable bonds is 6. The van der Waals surface area contributed by atoms with Gasteiger partial charge in [-0.05, 0) is 30.7 Å². The van der Waals surface area contributed by atoms with Crippen molar-refractivity contribution in [3.8, 4) is 11.6 Å². The average Bonchev–Trinajstić information content (AvgIpc) is 3.35.